The number of aromatic nitrogens is 2. The molecule has 3 rings (SSSR count). The molecule has 1 fully saturated rings. The molecule has 0 unspecified atom stereocenters. The van der Waals surface area contributed by atoms with E-state index in [4.69, 9.17) is 4.98 Å². The Balaban J connectivity index is 1.74. The highest BCUT2D eigenvalue weighted by Crippen LogP contribution is 2.40. The molecule has 2 N–H and O–H groups in total. The van der Waals surface area contributed by atoms with E-state index in [1.54, 1.807) is 0 Å². The van der Waals surface area contributed by atoms with Gasteiger partial charge in [-0.05, 0) is 50.0 Å². The van der Waals surface area contributed by atoms with Gasteiger partial charge in [-0.15, -0.1) is 0 Å². The van der Waals surface area contributed by atoms with E-state index < -0.39 is 0 Å². The molecule has 0 atom stereocenters. The van der Waals surface area contributed by atoms with Crippen LogP contribution in [0.3, 0.4) is 0 Å². The smallest absolute Gasteiger partial charge is 0.224 e. The van der Waals surface area contributed by atoms with E-state index in [1.165, 1.54) is 18.4 Å². The van der Waals surface area contributed by atoms with Gasteiger partial charge in [-0.25, -0.2) is 4.98 Å². The molecule has 5 heteroatoms. The second-order valence-electron chi connectivity index (χ2n) is 8.46. The lowest BCUT2D eigenvalue weighted by Gasteiger charge is -2.19. The molecule has 0 bridgehead atoms. The summed E-state index contributed by atoms with van der Waals surface area (Å²) in [5.41, 5.74) is 3.69. The van der Waals surface area contributed by atoms with Crippen molar-refractivity contribution in [1.82, 2.24) is 14.9 Å². The lowest BCUT2D eigenvalue weighted by molar-refractivity contribution is 0.425. The fraction of sp³-hybridized carbons (Fsp3) is 0.524. The molecule has 0 radical (unpaired) electrons. The van der Waals surface area contributed by atoms with Crippen LogP contribution in [0.1, 0.15) is 50.8 Å². The normalized spacial score (nSPS) is 14.5. The van der Waals surface area contributed by atoms with Gasteiger partial charge in [-0.1, -0.05) is 32.9 Å². The van der Waals surface area contributed by atoms with Gasteiger partial charge in [0.2, 0.25) is 5.95 Å². The van der Waals surface area contributed by atoms with Crippen molar-refractivity contribution in [3.05, 3.63) is 41.6 Å². The van der Waals surface area contributed by atoms with Crippen LogP contribution in [0.4, 0.5) is 17.5 Å². The highest BCUT2D eigenvalue weighted by atomic mass is 15.2. The van der Waals surface area contributed by atoms with Gasteiger partial charge in [-0.3, -0.25) is 0 Å². The molecule has 1 heterocycles. The largest absolute Gasteiger partial charge is 0.353 e. The number of hydrogen-bond donors (Lipinski definition) is 2. The lowest BCUT2D eigenvalue weighted by Crippen LogP contribution is -2.21. The van der Waals surface area contributed by atoms with Crippen molar-refractivity contribution >= 4 is 17.5 Å². The number of rotatable bonds is 7. The molecule has 1 aliphatic carbocycles. The predicted octanol–water partition coefficient (Wildman–Crippen LogP) is 4.37. The van der Waals surface area contributed by atoms with E-state index in [1.807, 2.05) is 0 Å². The zero-order valence-electron chi connectivity index (χ0n) is 16.6. The fourth-order valence-corrected chi connectivity index (χ4v) is 2.79. The Hall–Kier alpha value is -2.14. The molecule has 5 nitrogen and oxygen atoms in total. The molecule has 1 saturated carbocycles. The third-order valence-electron chi connectivity index (χ3n) is 4.61. The molecule has 2 aromatic rings. The van der Waals surface area contributed by atoms with Crippen LogP contribution in [0.15, 0.2) is 30.3 Å². The monoisotopic (exact) mass is 353 g/mol. The van der Waals surface area contributed by atoms with Gasteiger partial charge in [0.15, 0.2) is 0 Å². The third kappa shape index (κ3) is 5.18. The van der Waals surface area contributed by atoms with Gasteiger partial charge in [-0.2, -0.15) is 4.98 Å². The Bertz CT molecular complexity index is 727. The van der Waals surface area contributed by atoms with E-state index in [9.17, 15) is 0 Å². The van der Waals surface area contributed by atoms with Crippen LogP contribution in [-0.4, -0.2) is 42.1 Å². The summed E-state index contributed by atoms with van der Waals surface area (Å²) in [4.78, 5) is 11.5. The van der Waals surface area contributed by atoms with Gasteiger partial charge < -0.3 is 15.5 Å². The summed E-state index contributed by atoms with van der Waals surface area (Å²) >= 11 is 0. The van der Waals surface area contributed by atoms with Crippen molar-refractivity contribution in [3.8, 4) is 0 Å². The van der Waals surface area contributed by atoms with Crippen molar-refractivity contribution in [1.29, 1.82) is 0 Å². The molecule has 0 spiro atoms. The van der Waals surface area contributed by atoms with Crippen LogP contribution in [-0.2, 0) is 5.41 Å². The van der Waals surface area contributed by atoms with Crippen molar-refractivity contribution in [2.24, 2.45) is 0 Å². The molecule has 26 heavy (non-hydrogen) atoms. The van der Waals surface area contributed by atoms with Crippen molar-refractivity contribution in [3.63, 3.8) is 0 Å². The number of nitrogens with one attached hydrogen (secondary N) is 2. The zero-order chi connectivity index (χ0) is 18.7. The topological polar surface area (TPSA) is 53.1 Å². The number of anilines is 3. The van der Waals surface area contributed by atoms with Crippen LogP contribution in [0, 0.1) is 0 Å². The Labute approximate surface area is 157 Å². The number of hydrogen-bond acceptors (Lipinski definition) is 5. The molecular formula is C21H31N5. The van der Waals surface area contributed by atoms with E-state index in [2.05, 4.69) is 85.7 Å². The van der Waals surface area contributed by atoms with Crippen LogP contribution in [0.2, 0.25) is 0 Å². The van der Waals surface area contributed by atoms with Crippen molar-refractivity contribution < 1.29 is 0 Å². The van der Waals surface area contributed by atoms with Gasteiger partial charge in [0.1, 0.15) is 5.82 Å². The first-order valence-electron chi connectivity index (χ1n) is 9.46. The maximum atomic E-state index is 4.70. The quantitative estimate of drug-likeness (QED) is 0.774. The SMILES string of the molecule is CN(C)CCNc1nc(Nc2ccc(C(C)(C)C)cc2)cc(C2CC2)n1. The Morgan fingerprint density at radius 3 is 2.35 bits per heavy atom. The van der Waals surface area contributed by atoms with Gasteiger partial charge in [0, 0.05) is 30.8 Å². The van der Waals surface area contributed by atoms with E-state index in [0.29, 0.717) is 11.9 Å². The molecule has 0 amide bonds. The molecule has 140 valence electrons. The van der Waals surface area contributed by atoms with Crippen LogP contribution in [0.5, 0.6) is 0 Å². The summed E-state index contributed by atoms with van der Waals surface area (Å²) in [6.07, 6.45) is 2.46. The van der Waals surface area contributed by atoms with E-state index in [-0.39, 0.29) is 5.41 Å². The van der Waals surface area contributed by atoms with E-state index in [0.717, 1.165) is 30.3 Å². The Morgan fingerprint density at radius 1 is 1.08 bits per heavy atom. The average Bonchev–Trinajstić information content (AvgIpc) is 3.39. The highest BCUT2D eigenvalue weighted by molar-refractivity contribution is 5.58. The number of nitrogens with zero attached hydrogens (tertiary/aromatic N) is 3. The minimum Gasteiger partial charge on any atom is -0.353 e. The first-order valence-corrected chi connectivity index (χ1v) is 9.46. The molecule has 1 aromatic carbocycles. The lowest BCUT2D eigenvalue weighted by atomic mass is 9.87. The Morgan fingerprint density at radius 2 is 1.77 bits per heavy atom. The summed E-state index contributed by atoms with van der Waals surface area (Å²) in [6, 6.07) is 10.7. The average molecular weight is 354 g/mol. The highest BCUT2D eigenvalue weighted by Gasteiger charge is 2.26. The predicted molar refractivity (Wildman–Crippen MR) is 109 cm³/mol. The number of benzene rings is 1. The Kier molecular flexibility index (Phi) is 5.47. The third-order valence-corrected chi connectivity index (χ3v) is 4.61. The van der Waals surface area contributed by atoms with Gasteiger partial charge in [0.05, 0.1) is 5.69 Å². The molecular weight excluding hydrogens is 322 g/mol. The maximum Gasteiger partial charge on any atom is 0.224 e. The molecule has 0 saturated heterocycles. The van der Waals surface area contributed by atoms with Crippen LogP contribution >= 0.6 is 0 Å². The summed E-state index contributed by atoms with van der Waals surface area (Å²) in [5, 5.41) is 6.79. The molecule has 1 aliphatic rings. The summed E-state index contributed by atoms with van der Waals surface area (Å²) in [7, 11) is 4.13. The molecule has 1 aromatic heterocycles. The summed E-state index contributed by atoms with van der Waals surface area (Å²) in [6.45, 7) is 8.48. The minimum atomic E-state index is 0.163. The zero-order valence-corrected chi connectivity index (χ0v) is 16.6. The molecule has 0 aliphatic heterocycles. The maximum absolute atomic E-state index is 4.70. The number of likely N-dealkylation sites (N-methyl/N-ethyl adjacent to an activating group) is 1. The summed E-state index contributed by atoms with van der Waals surface area (Å²) < 4.78 is 0. The fourth-order valence-electron chi connectivity index (χ4n) is 2.79. The van der Waals surface area contributed by atoms with Crippen LogP contribution < -0.4 is 10.6 Å². The first-order chi connectivity index (χ1) is 12.3. The van der Waals surface area contributed by atoms with E-state index >= 15 is 0 Å². The summed E-state index contributed by atoms with van der Waals surface area (Å²) in [5.74, 6) is 2.17. The second kappa shape index (κ2) is 7.62. The van der Waals surface area contributed by atoms with Crippen LogP contribution in [0.25, 0.3) is 0 Å². The minimum absolute atomic E-state index is 0.163. The van der Waals surface area contributed by atoms with Gasteiger partial charge >= 0.3 is 0 Å². The second-order valence-corrected chi connectivity index (χ2v) is 8.46. The standard InChI is InChI=1S/C21H31N5/c1-21(2,3)16-8-10-17(11-9-16)23-19-14-18(15-6-7-15)24-20(25-19)22-12-13-26(4)5/h8-11,14-15H,6-7,12-13H2,1-5H3,(H2,22,23,24,25). The van der Waals surface area contributed by atoms with Gasteiger partial charge in [0.25, 0.3) is 0 Å². The first kappa shape index (κ1) is 18.6. The van der Waals surface area contributed by atoms with Crippen molar-refractivity contribution in [2.75, 3.05) is 37.8 Å². The van der Waals surface area contributed by atoms with Crippen molar-refractivity contribution in [2.45, 2.75) is 44.9 Å².